The molecule has 1 aromatic heterocycles. The molecule has 1 fully saturated rings. The summed E-state index contributed by atoms with van der Waals surface area (Å²) in [6.07, 6.45) is 1.48. The van der Waals surface area contributed by atoms with Crippen molar-refractivity contribution in [2.45, 2.75) is 62.7 Å². The first-order valence-corrected chi connectivity index (χ1v) is 19.2. The van der Waals surface area contributed by atoms with Crippen molar-refractivity contribution in [3.05, 3.63) is 115 Å². The quantitative estimate of drug-likeness (QED) is 0.0661. The number of hydrogen-bond donors (Lipinski definition) is 1. The van der Waals surface area contributed by atoms with E-state index in [4.69, 9.17) is 4.74 Å². The topological polar surface area (TPSA) is 124 Å². The van der Waals surface area contributed by atoms with Crippen molar-refractivity contribution < 1.29 is 23.7 Å². The lowest BCUT2D eigenvalue weighted by molar-refractivity contribution is -0.385. The first kappa shape index (κ1) is 32.4. The number of nitro groups is 1. The molecule has 240 valence electrons. The number of ether oxygens (including phenoxy) is 1. The van der Waals surface area contributed by atoms with Gasteiger partial charge >= 0.3 is 0 Å². The van der Waals surface area contributed by atoms with Gasteiger partial charge in [-0.05, 0) is 71.4 Å². The van der Waals surface area contributed by atoms with Gasteiger partial charge in [-0.15, -0.1) is 5.10 Å². The third kappa shape index (κ3) is 5.78. The maximum atomic E-state index is 16.3. The first-order chi connectivity index (χ1) is 21.9. The molecule has 10 nitrogen and oxygen atoms in total. The molecular weight excluding hydrogens is 720 g/mol. The molecule has 3 heterocycles. The van der Waals surface area contributed by atoms with E-state index in [0.717, 1.165) is 14.7 Å². The molecule has 1 spiro atoms. The zero-order valence-electron chi connectivity index (χ0n) is 25.7. The molecule has 46 heavy (non-hydrogen) atoms. The predicted octanol–water partition coefficient (Wildman–Crippen LogP) is 6.33. The van der Waals surface area contributed by atoms with Crippen LogP contribution in [0.25, 0.3) is 0 Å². The van der Waals surface area contributed by atoms with Crippen molar-refractivity contribution in [2.75, 3.05) is 11.5 Å². The van der Waals surface area contributed by atoms with E-state index >= 15 is 4.11 Å². The number of halogens is 2. The van der Waals surface area contributed by atoms with Crippen molar-refractivity contribution in [1.29, 1.82) is 0 Å². The second-order valence-corrected chi connectivity index (χ2v) is 17.6. The van der Waals surface area contributed by atoms with Crippen LogP contribution in [0.15, 0.2) is 79.0 Å². The van der Waals surface area contributed by atoms with Crippen LogP contribution < -0.4 is 4.90 Å². The third-order valence-electron chi connectivity index (χ3n) is 9.33. The van der Waals surface area contributed by atoms with E-state index in [0.29, 0.717) is 29.9 Å². The Morgan fingerprint density at radius 3 is 2.59 bits per heavy atom. The number of amides is 1. The lowest BCUT2D eigenvalue weighted by Crippen LogP contribution is -2.45. The SMILES string of the molecule is C[C@@H]1[C@@H]([Si](C)(C)F)[C@H](CCn2cc(C(CO)c3ccccc3)nn2)O[C@@]12C(=O)N(Cc1cccc(I)c1)c1ccc([N+](=O)[O-])cc12. The Bertz CT molecular complexity index is 1770. The van der Waals surface area contributed by atoms with Crippen molar-refractivity contribution in [3.8, 4) is 0 Å². The van der Waals surface area contributed by atoms with E-state index in [1.165, 1.54) is 12.1 Å². The number of aliphatic hydroxyl groups excluding tert-OH is 1. The number of fused-ring (bicyclic) bond motifs is 2. The number of rotatable bonds is 10. The van der Waals surface area contributed by atoms with E-state index in [1.54, 1.807) is 34.9 Å². The van der Waals surface area contributed by atoms with Crippen LogP contribution >= 0.6 is 22.6 Å². The molecule has 1 unspecified atom stereocenters. The number of anilines is 1. The zero-order chi connectivity index (χ0) is 32.8. The van der Waals surface area contributed by atoms with Gasteiger partial charge in [0.2, 0.25) is 8.41 Å². The van der Waals surface area contributed by atoms with Gasteiger partial charge in [-0.25, -0.2) is 0 Å². The van der Waals surface area contributed by atoms with Gasteiger partial charge in [0, 0.05) is 45.5 Å². The second-order valence-electron chi connectivity index (χ2n) is 12.6. The number of hydrogen-bond acceptors (Lipinski definition) is 7. The Hall–Kier alpha value is -3.53. The van der Waals surface area contributed by atoms with Crippen molar-refractivity contribution in [3.63, 3.8) is 0 Å². The molecule has 2 aliphatic heterocycles. The normalized spacial score (nSPS) is 23.2. The summed E-state index contributed by atoms with van der Waals surface area (Å²) in [6.45, 7) is 5.55. The van der Waals surface area contributed by atoms with Gasteiger partial charge in [0.15, 0.2) is 5.60 Å². The minimum Gasteiger partial charge on any atom is -0.395 e. The summed E-state index contributed by atoms with van der Waals surface area (Å²) in [5.74, 6) is -1.26. The number of nitro benzene ring substituents is 1. The van der Waals surface area contributed by atoms with Crippen LogP contribution in [0, 0.1) is 19.6 Å². The van der Waals surface area contributed by atoms with E-state index in [9.17, 15) is 20.0 Å². The standard InChI is InChI=1S/C33H35FIN5O5Si/c1-21-31(46(2,3)34)30(14-15-38-19-28(36-37-38)26(20-41)23-9-5-4-6-10-23)45-33(21)27-17-25(40(43)44)12-13-29(27)39(32(33)42)18-22-8-7-11-24(35)16-22/h4-13,16-17,19,21,26,30-31,41H,14-15,18,20H2,1-3H3/t21-,26?,30+,31-,33+/m1/s1. The van der Waals surface area contributed by atoms with Gasteiger partial charge < -0.3 is 18.9 Å². The van der Waals surface area contributed by atoms with E-state index in [-0.39, 0.29) is 30.7 Å². The number of carbonyl (C=O) groups is 1. The van der Waals surface area contributed by atoms with Gasteiger partial charge in [0.25, 0.3) is 11.6 Å². The van der Waals surface area contributed by atoms with Gasteiger partial charge in [-0.2, -0.15) is 0 Å². The number of aromatic nitrogens is 3. The fourth-order valence-electron chi connectivity index (χ4n) is 7.29. The van der Waals surface area contributed by atoms with Crippen LogP contribution in [0.3, 0.4) is 0 Å². The van der Waals surface area contributed by atoms with E-state index in [1.807, 2.05) is 61.5 Å². The Labute approximate surface area is 281 Å². The number of non-ortho nitro benzene ring substituents is 1. The Morgan fingerprint density at radius 1 is 1.15 bits per heavy atom. The molecule has 0 bridgehead atoms. The Balaban J connectivity index is 1.33. The highest BCUT2D eigenvalue weighted by molar-refractivity contribution is 14.1. The molecule has 0 radical (unpaired) electrons. The fourth-order valence-corrected chi connectivity index (χ4v) is 10.4. The Kier molecular flexibility index (Phi) is 8.86. The number of nitrogens with zero attached hydrogens (tertiary/aromatic N) is 5. The highest BCUT2D eigenvalue weighted by Gasteiger charge is 2.66. The van der Waals surface area contributed by atoms with Gasteiger partial charge in [-0.3, -0.25) is 19.6 Å². The number of aliphatic hydroxyl groups is 1. The zero-order valence-corrected chi connectivity index (χ0v) is 28.9. The monoisotopic (exact) mass is 755 g/mol. The van der Waals surface area contributed by atoms with Gasteiger partial charge in [-0.1, -0.05) is 54.6 Å². The highest BCUT2D eigenvalue weighted by atomic mass is 127. The minimum atomic E-state index is -3.44. The lowest BCUT2D eigenvalue weighted by Gasteiger charge is -2.31. The lowest BCUT2D eigenvalue weighted by atomic mass is 9.82. The minimum absolute atomic E-state index is 0.134. The molecule has 13 heteroatoms. The summed E-state index contributed by atoms with van der Waals surface area (Å²) >= 11 is 2.22. The molecule has 1 amide bonds. The summed E-state index contributed by atoms with van der Waals surface area (Å²) in [7, 11) is -3.44. The molecule has 5 atom stereocenters. The molecule has 1 N–H and O–H groups in total. The fraction of sp³-hybridized carbons (Fsp3) is 0.364. The molecular formula is C33H35FIN5O5Si. The molecule has 0 aliphatic carbocycles. The van der Waals surface area contributed by atoms with Crippen LogP contribution in [0.1, 0.15) is 41.6 Å². The molecule has 0 saturated carbocycles. The highest BCUT2D eigenvalue weighted by Crippen LogP contribution is 2.60. The van der Waals surface area contributed by atoms with Crippen LogP contribution in [0.2, 0.25) is 18.6 Å². The summed E-state index contributed by atoms with van der Waals surface area (Å²) in [5, 5.41) is 30.5. The predicted molar refractivity (Wildman–Crippen MR) is 182 cm³/mol. The summed E-state index contributed by atoms with van der Waals surface area (Å²) in [5.41, 5.74) is 1.08. The van der Waals surface area contributed by atoms with Crippen LogP contribution in [0.5, 0.6) is 0 Å². The third-order valence-corrected chi connectivity index (χ3v) is 12.5. The summed E-state index contributed by atoms with van der Waals surface area (Å²) < 4.78 is 25.7. The largest absolute Gasteiger partial charge is 0.395 e. The molecule has 1 saturated heterocycles. The number of aryl methyl sites for hydroxylation is 1. The van der Waals surface area contributed by atoms with Crippen molar-refractivity contribution in [2.24, 2.45) is 5.92 Å². The van der Waals surface area contributed by atoms with Crippen LogP contribution in [-0.4, -0.2) is 52.0 Å². The van der Waals surface area contributed by atoms with Crippen LogP contribution in [-0.2, 0) is 28.2 Å². The van der Waals surface area contributed by atoms with E-state index < -0.39 is 36.5 Å². The van der Waals surface area contributed by atoms with Crippen molar-refractivity contribution in [1.82, 2.24) is 15.0 Å². The van der Waals surface area contributed by atoms with Gasteiger partial charge in [0.05, 0.1) is 41.5 Å². The Morgan fingerprint density at radius 2 is 1.91 bits per heavy atom. The maximum Gasteiger partial charge on any atom is 0.269 e. The molecule has 4 aromatic rings. The van der Waals surface area contributed by atoms with Crippen LogP contribution in [0.4, 0.5) is 15.5 Å². The van der Waals surface area contributed by atoms with E-state index in [2.05, 4.69) is 32.9 Å². The average molecular weight is 756 g/mol. The van der Waals surface area contributed by atoms with Crippen molar-refractivity contribution >= 4 is 48.3 Å². The smallest absolute Gasteiger partial charge is 0.269 e. The summed E-state index contributed by atoms with van der Waals surface area (Å²) in [6, 6.07) is 21.8. The summed E-state index contributed by atoms with van der Waals surface area (Å²) in [4.78, 5) is 27.6. The van der Waals surface area contributed by atoms with Gasteiger partial charge in [0.1, 0.15) is 0 Å². The second kappa shape index (κ2) is 12.6. The first-order valence-electron chi connectivity index (χ1n) is 15.2. The number of benzene rings is 3. The molecule has 6 rings (SSSR count). The maximum absolute atomic E-state index is 16.3. The number of carbonyl (C=O) groups excluding carboxylic acids is 1. The molecule has 2 aliphatic rings. The average Bonchev–Trinajstić information content (AvgIpc) is 3.67. The molecule has 3 aromatic carbocycles.